The van der Waals surface area contributed by atoms with Crippen LogP contribution in [0.2, 0.25) is 5.02 Å². The van der Waals surface area contributed by atoms with Crippen molar-refractivity contribution in [2.75, 3.05) is 4.90 Å². The minimum atomic E-state index is 0.739. The molecule has 0 radical (unpaired) electrons. The van der Waals surface area contributed by atoms with Crippen LogP contribution in [-0.2, 0) is 0 Å². The topological polar surface area (TPSA) is 3.24 Å². The van der Waals surface area contributed by atoms with Crippen molar-refractivity contribution in [3.8, 4) is 0 Å². The van der Waals surface area contributed by atoms with Gasteiger partial charge in [-0.2, -0.15) is 0 Å². The minimum Gasteiger partial charge on any atom is -0.309 e. The molecule has 1 heterocycles. The van der Waals surface area contributed by atoms with E-state index in [4.69, 9.17) is 11.6 Å². The second kappa shape index (κ2) is 7.03. The first-order valence-electron chi connectivity index (χ1n) is 7.55. The second-order valence-corrected chi connectivity index (χ2v) is 6.49. The fraction of sp³-hybridized carbons (Fsp3) is 0.100. The highest BCUT2D eigenvalue weighted by Crippen LogP contribution is 2.40. The highest BCUT2D eigenvalue weighted by atomic mass is 35.5. The van der Waals surface area contributed by atoms with Gasteiger partial charge >= 0.3 is 0 Å². The average Bonchev–Trinajstić information content (AvgIpc) is 2.98. The molecule has 0 saturated heterocycles. The molecule has 116 valence electrons. The van der Waals surface area contributed by atoms with E-state index >= 15 is 0 Å². The Kier molecular flexibility index (Phi) is 4.85. The molecule has 0 fully saturated rings. The third-order valence-corrected chi connectivity index (χ3v) is 4.85. The Morgan fingerprint density at radius 1 is 1.09 bits per heavy atom. The summed E-state index contributed by atoms with van der Waals surface area (Å²) in [7, 11) is 0. The van der Waals surface area contributed by atoms with E-state index in [1.54, 1.807) is 11.3 Å². The lowest BCUT2D eigenvalue weighted by molar-refractivity contribution is 1.21. The number of benzene rings is 2. The van der Waals surface area contributed by atoms with Crippen LogP contribution in [0.5, 0.6) is 0 Å². The lowest BCUT2D eigenvalue weighted by Gasteiger charge is -2.26. The van der Waals surface area contributed by atoms with Crippen LogP contribution in [0.1, 0.15) is 13.8 Å². The zero-order valence-electron chi connectivity index (χ0n) is 13.2. The van der Waals surface area contributed by atoms with Crippen LogP contribution < -0.4 is 4.90 Å². The van der Waals surface area contributed by atoms with Gasteiger partial charge in [-0.05, 0) is 44.2 Å². The monoisotopic (exact) mass is 339 g/mol. The average molecular weight is 340 g/mol. The van der Waals surface area contributed by atoms with Crippen molar-refractivity contribution >= 4 is 44.4 Å². The van der Waals surface area contributed by atoms with Gasteiger partial charge in [-0.3, -0.25) is 0 Å². The fourth-order valence-electron chi connectivity index (χ4n) is 2.65. The Hall–Kier alpha value is -2.03. The molecule has 0 aliphatic rings. The van der Waals surface area contributed by atoms with E-state index in [1.807, 2.05) is 25.1 Å². The van der Waals surface area contributed by atoms with E-state index in [9.17, 15) is 0 Å². The zero-order valence-corrected chi connectivity index (χ0v) is 14.7. The first-order valence-corrected chi connectivity index (χ1v) is 8.81. The van der Waals surface area contributed by atoms with Crippen molar-refractivity contribution in [2.24, 2.45) is 0 Å². The molecule has 1 aromatic heterocycles. The molecule has 0 amide bonds. The largest absolute Gasteiger partial charge is 0.309 e. The third kappa shape index (κ3) is 3.19. The van der Waals surface area contributed by atoms with Crippen molar-refractivity contribution in [3.05, 3.63) is 82.9 Å². The molecule has 0 aliphatic heterocycles. The highest BCUT2D eigenvalue weighted by molar-refractivity contribution is 7.17. The molecule has 0 atom stereocenters. The normalized spacial score (nSPS) is 12.2. The van der Waals surface area contributed by atoms with Gasteiger partial charge in [0.2, 0.25) is 0 Å². The Morgan fingerprint density at radius 2 is 1.91 bits per heavy atom. The second-order valence-electron chi connectivity index (χ2n) is 5.15. The predicted molar refractivity (Wildman–Crippen MR) is 104 cm³/mol. The van der Waals surface area contributed by atoms with E-state index in [2.05, 4.69) is 65.8 Å². The van der Waals surface area contributed by atoms with Gasteiger partial charge in [-0.15, -0.1) is 11.3 Å². The molecule has 1 nitrogen and oxygen atoms in total. The number of allylic oxidation sites excluding steroid dienone is 3. The number of thiophene rings is 1. The van der Waals surface area contributed by atoms with Gasteiger partial charge in [0.25, 0.3) is 0 Å². The first kappa shape index (κ1) is 15.9. The number of rotatable bonds is 4. The van der Waals surface area contributed by atoms with Gasteiger partial charge in [0, 0.05) is 31.9 Å². The lowest BCUT2D eigenvalue weighted by Crippen LogP contribution is -2.14. The summed E-state index contributed by atoms with van der Waals surface area (Å²) in [6.45, 7) is 4.09. The number of fused-ring (bicyclic) bond motifs is 1. The molecule has 23 heavy (non-hydrogen) atoms. The van der Waals surface area contributed by atoms with Gasteiger partial charge in [0.05, 0.1) is 5.69 Å². The number of anilines is 2. The summed E-state index contributed by atoms with van der Waals surface area (Å²) in [6, 6.07) is 16.5. The Morgan fingerprint density at radius 3 is 2.65 bits per heavy atom. The SMILES string of the molecule is C/C=C\C(=C/C)N(c1cccc(Cl)c1)c1csc2ccccc12. The Bertz CT molecular complexity index is 876. The van der Waals surface area contributed by atoms with Crippen molar-refractivity contribution in [3.63, 3.8) is 0 Å². The summed E-state index contributed by atoms with van der Waals surface area (Å²) in [5.74, 6) is 0. The molecule has 2 aromatic carbocycles. The van der Waals surface area contributed by atoms with Crippen molar-refractivity contribution < 1.29 is 0 Å². The van der Waals surface area contributed by atoms with Gasteiger partial charge in [0.15, 0.2) is 0 Å². The summed E-state index contributed by atoms with van der Waals surface area (Å²) in [4.78, 5) is 2.25. The van der Waals surface area contributed by atoms with E-state index < -0.39 is 0 Å². The van der Waals surface area contributed by atoms with Gasteiger partial charge < -0.3 is 4.90 Å². The van der Waals surface area contributed by atoms with Crippen LogP contribution in [0.4, 0.5) is 11.4 Å². The van der Waals surface area contributed by atoms with Gasteiger partial charge in [-0.25, -0.2) is 0 Å². The Labute approximate surface area is 146 Å². The van der Waals surface area contributed by atoms with E-state index in [0.717, 1.165) is 16.4 Å². The lowest BCUT2D eigenvalue weighted by atomic mass is 10.1. The van der Waals surface area contributed by atoms with Crippen LogP contribution in [-0.4, -0.2) is 0 Å². The molecule has 0 saturated carbocycles. The summed E-state index contributed by atoms with van der Waals surface area (Å²) in [5, 5.41) is 4.20. The molecular weight excluding hydrogens is 322 g/mol. The molecule has 3 aromatic rings. The van der Waals surface area contributed by atoms with Crippen molar-refractivity contribution in [2.45, 2.75) is 13.8 Å². The van der Waals surface area contributed by atoms with E-state index in [0.29, 0.717) is 0 Å². The van der Waals surface area contributed by atoms with Crippen LogP contribution in [0, 0.1) is 0 Å². The standard InChI is InChI=1S/C20H18ClNS/c1-3-8-16(4-2)22(17-10-7-9-15(21)13-17)19-14-23-20-12-6-5-11-18(19)20/h3-14H,1-2H3/b8-3-,16-4+. The smallest absolute Gasteiger partial charge is 0.0647 e. The number of hydrogen-bond acceptors (Lipinski definition) is 2. The molecule has 0 N–H and O–H groups in total. The summed E-state index contributed by atoms with van der Waals surface area (Å²) >= 11 is 7.99. The quantitative estimate of drug-likeness (QED) is 0.455. The fourth-order valence-corrected chi connectivity index (χ4v) is 3.76. The molecular formula is C20H18ClNS. The molecule has 3 rings (SSSR count). The van der Waals surface area contributed by atoms with Crippen LogP contribution >= 0.6 is 22.9 Å². The van der Waals surface area contributed by atoms with Crippen molar-refractivity contribution in [1.82, 2.24) is 0 Å². The number of nitrogens with zero attached hydrogens (tertiary/aromatic N) is 1. The minimum absolute atomic E-state index is 0.739. The van der Waals surface area contributed by atoms with Crippen LogP contribution in [0.15, 0.2) is 77.8 Å². The van der Waals surface area contributed by atoms with Gasteiger partial charge in [-0.1, -0.05) is 48.0 Å². The number of halogens is 1. The summed E-state index contributed by atoms with van der Waals surface area (Å²) in [6.07, 6.45) is 6.29. The van der Waals surface area contributed by atoms with Crippen LogP contribution in [0.25, 0.3) is 10.1 Å². The van der Waals surface area contributed by atoms with E-state index in [-0.39, 0.29) is 0 Å². The molecule has 0 unspecified atom stereocenters. The molecule has 3 heteroatoms. The van der Waals surface area contributed by atoms with Crippen molar-refractivity contribution in [1.29, 1.82) is 0 Å². The van der Waals surface area contributed by atoms with E-state index in [1.165, 1.54) is 15.8 Å². The number of hydrogen-bond donors (Lipinski definition) is 0. The van der Waals surface area contributed by atoms with Gasteiger partial charge in [0.1, 0.15) is 0 Å². The maximum atomic E-state index is 6.23. The molecule has 0 spiro atoms. The summed E-state index contributed by atoms with van der Waals surface area (Å²) in [5.41, 5.74) is 3.37. The summed E-state index contributed by atoms with van der Waals surface area (Å²) < 4.78 is 1.28. The maximum absolute atomic E-state index is 6.23. The van der Waals surface area contributed by atoms with Crippen LogP contribution in [0.3, 0.4) is 0 Å². The molecule has 0 aliphatic carbocycles. The first-order chi connectivity index (χ1) is 11.2. The predicted octanol–water partition coefficient (Wildman–Crippen LogP) is 7.17. The maximum Gasteiger partial charge on any atom is 0.0647 e. The zero-order chi connectivity index (χ0) is 16.2. The third-order valence-electron chi connectivity index (χ3n) is 3.66. The highest BCUT2D eigenvalue weighted by Gasteiger charge is 2.16. The molecule has 0 bridgehead atoms. The Balaban J connectivity index is 2.23.